The molecule has 0 saturated carbocycles. The van der Waals surface area contributed by atoms with Gasteiger partial charge in [-0.1, -0.05) is 6.07 Å². The van der Waals surface area contributed by atoms with E-state index in [1.54, 1.807) is 32.0 Å². The van der Waals surface area contributed by atoms with Crippen LogP contribution in [0.25, 0.3) is 11.3 Å². The zero-order valence-corrected chi connectivity index (χ0v) is 16.1. The highest BCUT2D eigenvalue weighted by molar-refractivity contribution is 7.89. The summed E-state index contributed by atoms with van der Waals surface area (Å²) >= 11 is 0. The van der Waals surface area contributed by atoms with E-state index in [0.717, 1.165) is 0 Å². The number of furan rings is 1. The van der Waals surface area contributed by atoms with Gasteiger partial charge in [-0.3, -0.25) is 4.79 Å². The molecule has 1 aromatic heterocycles. The van der Waals surface area contributed by atoms with E-state index in [1.807, 2.05) is 0 Å². The highest BCUT2D eigenvalue weighted by Gasteiger charge is 2.18. The quantitative estimate of drug-likeness (QED) is 0.652. The minimum atomic E-state index is -3.74. The van der Waals surface area contributed by atoms with Crippen molar-refractivity contribution in [2.45, 2.75) is 24.8 Å². The van der Waals surface area contributed by atoms with Crippen molar-refractivity contribution < 1.29 is 22.0 Å². The standard InChI is InChI=1S/C20H19FN2O4S/c1-13(2)23-28(25,26)16-6-3-5-15(11-16)20(24)22-18-9-8-14(12-17(18)21)19-7-4-10-27-19/h3-13,23H,1-2H3,(H,22,24). The van der Waals surface area contributed by atoms with Gasteiger partial charge in [0.25, 0.3) is 5.91 Å². The molecule has 146 valence electrons. The van der Waals surface area contributed by atoms with Gasteiger partial charge in [-0.25, -0.2) is 17.5 Å². The number of hydrogen-bond acceptors (Lipinski definition) is 4. The monoisotopic (exact) mass is 402 g/mol. The second-order valence-electron chi connectivity index (χ2n) is 6.43. The molecule has 3 rings (SSSR count). The van der Waals surface area contributed by atoms with Crippen molar-refractivity contribution in [1.29, 1.82) is 0 Å². The molecule has 1 heterocycles. The third kappa shape index (κ3) is 4.47. The van der Waals surface area contributed by atoms with E-state index in [1.165, 1.54) is 42.7 Å². The summed E-state index contributed by atoms with van der Waals surface area (Å²) in [6.07, 6.45) is 1.48. The minimum Gasteiger partial charge on any atom is -0.464 e. The normalized spacial score (nSPS) is 11.6. The van der Waals surface area contributed by atoms with E-state index in [2.05, 4.69) is 10.0 Å². The molecule has 0 aliphatic heterocycles. The molecule has 3 aromatic rings. The Morgan fingerprint density at radius 1 is 1.07 bits per heavy atom. The Labute approximate surface area is 162 Å². The third-order valence-corrected chi connectivity index (χ3v) is 5.48. The lowest BCUT2D eigenvalue weighted by molar-refractivity contribution is 0.102. The number of halogens is 1. The van der Waals surface area contributed by atoms with Crippen LogP contribution >= 0.6 is 0 Å². The number of carbonyl (C=O) groups excluding carboxylic acids is 1. The maximum absolute atomic E-state index is 14.4. The first-order chi connectivity index (χ1) is 13.3. The van der Waals surface area contributed by atoms with Crippen molar-refractivity contribution >= 4 is 21.6 Å². The van der Waals surface area contributed by atoms with Crippen molar-refractivity contribution in [3.05, 3.63) is 72.2 Å². The molecule has 0 fully saturated rings. The molecule has 0 unspecified atom stereocenters. The van der Waals surface area contributed by atoms with E-state index in [0.29, 0.717) is 11.3 Å². The molecule has 0 aliphatic carbocycles. The first-order valence-electron chi connectivity index (χ1n) is 8.53. The van der Waals surface area contributed by atoms with Crippen molar-refractivity contribution in [2.24, 2.45) is 0 Å². The van der Waals surface area contributed by atoms with Gasteiger partial charge < -0.3 is 9.73 Å². The molecule has 1 amide bonds. The largest absolute Gasteiger partial charge is 0.464 e. The predicted octanol–water partition coefficient (Wildman–Crippen LogP) is 4.02. The lowest BCUT2D eigenvalue weighted by Crippen LogP contribution is -2.30. The second kappa shape index (κ2) is 7.95. The number of carbonyl (C=O) groups is 1. The Balaban J connectivity index is 1.81. The van der Waals surface area contributed by atoms with Crippen LogP contribution in [0, 0.1) is 5.82 Å². The van der Waals surface area contributed by atoms with Crippen molar-refractivity contribution in [1.82, 2.24) is 4.72 Å². The van der Waals surface area contributed by atoms with Crippen LogP contribution in [-0.4, -0.2) is 20.4 Å². The Morgan fingerprint density at radius 2 is 1.86 bits per heavy atom. The zero-order chi connectivity index (χ0) is 20.3. The van der Waals surface area contributed by atoms with Gasteiger partial charge >= 0.3 is 0 Å². The zero-order valence-electron chi connectivity index (χ0n) is 15.3. The van der Waals surface area contributed by atoms with Gasteiger partial charge in [-0.2, -0.15) is 0 Å². The van der Waals surface area contributed by atoms with Crippen LogP contribution in [0.4, 0.5) is 10.1 Å². The van der Waals surface area contributed by atoms with E-state index in [4.69, 9.17) is 4.42 Å². The van der Waals surface area contributed by atoms with Crippen LogP contribution in [0.3, 0.4) is 0 Å². The summed E-state index contributed by atoms with van der Waals surface area (Å²) in [5, 5.41) is 2.46. The maximum atomic E-state index is 14.4. The Kier molecular flexibility index (Phi) is 5.62. The minimum absolute atomic E-state index is 0.0196. The molecule has 0 bridgehead atoms. The number of amides is 1. The second-order valence-corrected chi connectivity index (χ2v) is 8.14. The van der Waals surface area contributed by atoms with E-state index in [-0.39, 0.29) is 22.2 Å². The van der Waals surface area contributed by atoms with Gasteiger partial charge in [0.2, 0.25) is 10.0 Å². The summed E-state index contributed by atoms with van der Waals surface area (Å²) in [7, 11) is -3.74. The first-order valence-corrected chi connectivity index (χ1v) is 10.0. The molecule has 2 aromatic carbocycles. The summed E-state index contributed by atoms with van der Waals surface area (Å²) in [4.78, 5) is 12.4. The number of benzene rings is 2. The maximum Gasteiger partial charge on any atom is 0.255 e. The van der Waals surface area contributed by atoms with E-state index < -0.39 is 21.7 Å². The van der Waals surface area contributed by atoms with Crippen LogP contribution < -0.4 is 10.0 Å². The Hall–Kier alpha value is -2.97. The van der Waals surface area contributed by atoms with Gasteiger partial charge in [0.1, 0.15) is 11.6 Å². The predicted molar refractivity (Wildman–Crippen MR) is 104 cm³/mol. The van der Waals surface area contributed by atoms with Gasteiger partial charge in [-0.15, -0.1) is 0 Å². The molecule has 8 heteroatoms. The summed E-state index contributed by atoms with van der Waals surface area (Å²) in [5.41, 5.74) is 0.614. The van der Waals surface area contributed by atoms with Gasteiger partial charge in [-0.05, 0) is 62.4 Å². The average Bonchev–Trinajstić information content (AvgIpc) is 3.17. The van der Waals surface area contributed by atoms with E-state index in [9.17, 15) is 17.6 Å². The summed E-state index contributed by atoms with van der Waals surface area (Å²) in [6.45, 7) is 3.40. The van der Waals surface area contributed by atoms with Crippen molar-refractivity contribution in [3.8, 4) is 11.3 Å². The van der Waals surface area contributed by atoms with Crippen molar-refractivity contribution in [2.75, 3.05) is 5.32 Å². The van der Waals surface area contributed by atoms with Gasteiger partial charge in [0.05, 0.1) is 16.8 Å². The summed E-state index contributed by atoms with van der Waals surface area (Å²) in [5.74, 6) is -0.744. The fourth-order valence-electron chi connectivity index (χ4n) is 2.59. The summed E-state index contributed by atoms with van der Waals surface area (Å²) < 4.78 is 46.6. The molecular weight excluding hydrogens is 383 g/mol. The molecule has 0 saturated heterocycles. The van der Waals surface area contributed by atoms with Crippen LogP contribution in [-0.2, 0) is 10.0 Å². The highest BCUT2D eigenvalue weighted by Crippen LogP contribution is 2.25. The molecule has 0 atom stereocenters. The SMILES string of the molecule is CC(C)NS(=O)(=O)c1cccc(C(=O)Nc2ccc(-c3ccco3)cc2F)c1. The van der Waals surface area contributed by atoms with Crippen molar-refractivity contribution in [3.63, 3.8) is 0 Å². The molecular formula is C20H19FN2O4S. The number of rotatable bonds is 6. The fourth-order valence-corrected chi connectivity index (χ4v) is 3.89. The number of nitrogens with one attached hydrogen (secondary N) is 2. The molecule has 2 N–H and O–H groups in total. The number of sulfonamides is 1. The Morgan fingerprint density at radius 3 is 2.50 bits per heavy atom. The van der Waals surface area contributed by atoms with Crippen LogP contribution in [0.2, 0.25) is 0 Å². The van der Waals surface area contributed by atoms with Gasteiger partial charge in [0, 0.05) is 17.2 Å². The van der Waals surface area contributed by atoms with Crippen LogP contribution in [0.15, 0.2) is 70.2 Å². The van der Waals surface area contributed by atoms with Crippen LogP contribution in [0.5, 0.6) is 0 Å². The lowest BCUT2D eigenvalue weighted by atomic mass is 10.1. The molecule has 6 nitrogen and oxygen atoms in total. The summed E-state index contributed by atoms with van der Waals surface area (Å²) in [6, 6.07) is 12.9. The smallest absolute Gasteiger partial charge is 0.255 e. The Bertz CT molecular complexity index is 1090. The molecule has 0 radical (unpaired) electrons. The topological polar surface area (TPSA) is 88.4 Å². The van der Waals surface area contributed by atoms with E-state index >= 15 is 0 Å². The molecule has 0 spiro atoms. The third-order valence-electron chi connectivity index (χ3n) is 3.82. The number of hydrogen-bond donors (Lipinski definition) is 2. The average molecular weight is 402 g/mol. The number of anilines is 1. The first kappa shape index (κ1) is 19.8. The lowest BCUT2D eigenvalue weighted by Gasteiger charge is -2.11. The van der Waals surface area contributed by atoms with Crippen LogP contribution in [0.1, 0.15) is 24.2 Å². The van der Waals surface area contributed by atoms with Gasteiger partial charge in [0.15, 0.2) is 0 Å². The molecule has 28 heavy (non-hydrogen) atoms. The highest BCUT2D eigenvalue weighted by atomic mass is 32.2. The fraction of sp³-hybridized carbons (Fsp3) is 0.150. The molecule has 0 aliphatic rings.